The molecule has 6 nitrogen and oxygen atoms in total. The average molecular weight is 377 g/mol. The topological polar surface area (TPSA) is 60.0 Å². The van der Waals surface area contributed by atoms with Crippen molar-refractivity contribution in [2.45, 2.75) is 19.4 Å². The third-order valence-corrected chi connectivity index (χ3v) is 4.48. The molecule has 0 saturated carbocycles. The number of carbonyl (C=O) groups excluding carboxylic acids is 1. The van der Waals surface area contributed by atoms with Crippen LogP contribution < -0.4 is 24.4 Å². The first kappa shape index (κ1) is 18.2. The van der Waals surface area contributed by atoms with E-state index in [0.717, 1.165) is 6.42 Å². The Hall–Kier alpha value is -2.60. The van der Waals surface area contributed by atoms with Gasteiger partial charge in [-0.2, -0.15) is 0 Å². The number of urea groups is 1. The molecule has 1 atom stereocenters. The molecule has 7 heteroatoms. The summed E-state index contributed by atoms with van der Waals surface area (Å²) in [5, 5.41) is 3.44. The van der Waals surface area contributed by atoms with Crippen molar-refractivity contribution in [1.29, 1.82) is 0 Å². The molecule has 0 spiro atoms. The van der Waals surface area contributed by atoms with Crippen LogP contribution in [0.3, 0.4) is 0 Å². The summed E-state index contributed by atoms with van der Waals surface area (Å²) in [6.45, 7) is 2.46. The maximum atomic E-state index is 13.0. The fourth-order valence-electron chi connectivity index (χ4n) is 2.81. The molecule has 2 aromatic carbocycles. The number of ether oxygens (including phenoxy) is 3. The van der Waals surface area contributed by atoms with Gasteiger partial charge < -0.3 is 19.5 Å². The molecule has 0 saturated heterocycles. The molecule has 0 fully saturated rings. The van der Waals surface area contributed by atoms with Crippen LogP contribution in [-0.4, -0.2) is 32.9 Å². The van der Waals surface area contributed by atoms with Crippen molar-refractivity contribution >= 4 is 29.0 Å². The molecule has 0 radical (unpaired) electrons. The normalized spacial score (nSPS) is 15.7. The third kappa shape index (κ3) is 3.65. The van der Waals surface area contributed by atoms with Gasteiger partial charge >= 0.3 is 6.03 Å². The van der Waals surface area contributed by atoms with Crippen molar-refractivity contribution in [2.75, 3.05) is 31.0 Å². The lowest BCUT2D eigenvalue weighted by Crippen LogP contribution is -2.45. The first-order chi connectivity index (χ1) is 12.5. The van der Waals surface area contributed by atoms with E-state index in [1.807, 2.05) is 6.92 Å². The summed E-state index contributed by atoms with van der Waals surface area (Å²) in [5.41, 5.74) is 1.20. The Balaban J connectivity index is 1.89. The number of halogens is 1. The Kier molecular flexibility index (Phi) is 5.42. The molecule has 26 heavy (non-hydrogen) atoms. The Morgan fingerprint density at radius 1 is 1.27 bits per heavy atom. The molecule has 1 heterocycles. The molecule has 1 N–H and O–H groups in total. The number of anilines is 2. The zero-order valence-electron chi connectivity index (χ0n) is 14.9. The fourth-order valence-corrected chi connectivity index (χ4v) is 2.98. The summed E-state index contributed by atoms with van der Waals surface area (Å²) in [4.78, 5) is 14.6. The van der Waals surface area contributed by atoms with Crippen LogP contribution in [0.1, 0.15) is 13.3 Å². The maximum Gasteiger partial charge on any atom is 0.326 e. The van der Waals surface area contributed by atoms with Gasteiger partial charge in [0.25, 0.3) is 0 Å². The quantitative estimate of drug-likeness (QED) is 0.849. The van der Waals surface area contributed by atoms with E-state index in [4.69, 9.17) is 25.8 Å². The molecule has 0 bridgehead atoms. The van der Waals surface area contributed by atoms with Crippen LogP contribution in [-0.2, 0) is 0 Å². The van der Waals surface area contributed by atoms with E-state index >= 15 is 0 Å². The lowest BCUT2D eigenvalue weighted by atomic mass is 10.1. The number of fused-ring (bicyclic) bond motifs is 1. The fraction of sp³-hybridized carbons (Fsp3) is 0.316. The molecular formula is C19H21ClN2O4. The van der Waals surface area contributed by atoms with E-state index in [1.165, 1.54) is 0 Å². The van der Waals surface area contributed by atoms with Crippen molar-refractivity contribution in [1.82, 2.24) is 0 Å². The number of nitrogens with one attached hydrogen (secondary N) is 1. The summed E-state index contributed by atoms with van der Waals surface area (Å²) < 4.78 is 16.5. The summed E-state index contributed by atoms with van der Waals surface area (Å²) >= 11 is 6.11. The number of rotatable bonds is 4. The second-order valence-electron chi connectivity index (χ2n) is 5.87. The monoisotopic (exact) mass is 376 g/mol. The number of carbonyl (C=O) groups is 1. The van der Waals surface area contributed by atoms with Gasteiger partial charge in [-0.25, -0.2) is 4.79 Å². The van der Waals surface area contributed by atoms with Crippen molar-refractivity contribution in [3.63, 3.8) is 0 Å². The molecule has 3 rings (SSSR count). The highest BCUT2D eigenvalue weighted by Crippen LogP contribution is 2.37. The second-order valence-corrected chi connectivity index (χ2v) is 6.30. The molecule has 1 aliphatic heterocycles. The molecule has 1 aliphatic rings. The number of methoxy groups -OCH3 is 2. The van der Waals surface area contributed by atoms with E-state index in [9.17, 15) is 4.79 Å². The zero-order valence-corrected chi connectivity index (χ0v) is 15.7. The first-order valence-corrected chi connectivity index (χ1v) is 8.70. The summed E-state index contributed by atoms with van der Waals surface area (Å²) in [6.07, 6.45) is 0.713. The first-order valence-electron chi connectivity index (χ1n) is 8.32. The summed E-state index contributed by atoms with van der Waals surface area (Å²) in [5.74, 6) is 1.81. The molecule has 138 valence electrons. The predicted octanol–water partition coefficient (Wildman–Crippen LogP) is 4.57. The SMILES string of the molecule is CC[C@@H]1CN(C(=O)Nc2ccc(OC)cc2OC)c2cc(Cl)ccc2O1. The zero-order chi connectivity index (χ0) is 18.7. The van der Waals surface area contributed by atoms with Gasteiger partial charge in [0.1, 0.15) is 23.4 Å². The lowest BCUT2D eigenvalue weighted by Gasteiger charge is -2.34. The highest BCUT2D eigenvalue weighted by atomic mass is 35.5. The van der Waals surface area contributed by atoms with Crippen molar-refractivity contribution in [2.24, 2.45) is 0 Å². The van der Waals surface area contributed by atoms with Gasteiger partial charge in [-0.3, -0.25) is 4.90 Å². The maximum absolute atomic E-state index is 13.0. The van der Waals surface area contributed by atoms with E-state index < -0.39 is 0 Å². The highest BCUT2D eigenvalue weighted by molar-refractivity contribution is 6.31. The molecule has 0 unspecified atom stereocenters. The molecular weight excluding hydrogens is 356 g/mol. The van der Waals surface area contributed by atoms with Crippen LogP contribution in [0.25, 0.3) is 0 Å². The Morgan fingerprint density at radius 2 is 2.08 bits per heavy atom. The minimum atomic E-state index is -0.279. The van der Waals surface area contributed by atoms with Crippen molar-refractivity contribution in [3.8, 4) is 17.2 Å². The lowest BCUT2D eigenvalue weighted by molar-refractivity contribution is 0.188. The molecule has 0 aromatic heterocycles. The molecule has 0 aliphatic carbocycles. The number of amides is 2. The van der Waals surface area contributed by atoms with E-state index in [-0.39, 0.29) is 12.1 Å². The molecule has 2 amide bonds. The number of benzene rings is 2. The van der Waals surface area contributed by atoms with Crippen LogP contribution in [0.2, 0.25) is 5.02 Å². The van der Waals surface area contributed by atoms with Gasteiger partial charge in [0.05, 0.1) is 32.1 Å². The van der Waals surface area contributed by atoms with Gasteiger partial charge in [-0.15, -0.1) is 0 Å². The van der Waals surface area contributed by atoms with Crippen molar-refractivity contribution in [3.05, 3.63) is 41.4 Å². The smallest absolute Gasteiger partial charge is 0.326 e. The van der Waals surface area contributed by atoms with Crippen molar-refractivity contribution < 1.29 is 19.0 Å². The minimum absolute atomic E-state index is 0.0767. The predicted molar refractivity (Wildman–Crippen MR) is 102 cm³/mol. The highest BCUT2D eigenvalue weighted by Gasteiger charge is 2.29. The van der Waals surface area contributed by atoms with Crippen LogP contribution in [0.15, 0.2) is 36.4 Å². The van der Waals surface area contributed by atoms with Crippen LogP contribution in [0, 0.1) is 0 Å². The Morgan fingerprint density at radius 3 is 2.77 bits per heavy atom. The van der Waals surface area contributed by atoms with Gasteiger partial charge in [-0.05, 0) is 36.8 Å². The van der Waals surface area contributed by atoms with E-state index in [1.54, 1.807) is 55.5 Å². The van der Waals surface area contributed by atoms with Gasteiger partial charge in [0.15, 0.2) is 0 Å². The van der Waals surface area contributed by atoms with Crippen LogP contribution >= 0.6 is 11.6 Å². The second kappa shape index (κ2) is 7.74. The standard InChI is InChI=1S/C19H21ClN2O4/c1-4-13-11-22(16-9-12(20)5-8-17(16)26-13)19(23)21-15-7-6-14(24-2)10-18(15)25-3/h5-10,13H,4,11H2,1-3H3,(H,21,23)/t13-/m1/s1. The van der Waals surface area contributed by atoms with Gasteiger partial charge in [0, 0.05) is 11.1 Å². The Labute approximate surface area is 157 Å². The largest absolute Gasteiger partial charge is 0.497 e. The number of hydrogen-bond acceptors (Lipinski definition) is 4. The van der Waals surface area contributed by atoms with Gasteiger partial charge in [-0.1, -0.05) is 18.5 Å². The average Bonchev–Trinajstić information content (AvgIpc) is 2.67. The summed E-state index contributed by atoms with van der Waals surface area (Å²) in [7, 11) is 3.12. The Bertz CT molecular complexity index is 812. The number of nitrogens with zero attached hydrogens (tertiary/aromatic N) is 1. The number of hydrogen-bond donors (Lipinski definition) is 1. The van der Waals surface area contributed by atoms with E-state index in [0.29, 0.717) is 40.2 Å². The van der Waals surface area contributed by atoms with Crippen LogP contribution in [0.5, 0.6) is 17.2 Å². The van der Waals surface area contributed by atoms with E-state index in [2.05, 4.69) is 5.32 Å². The summed E-state index contributed by atoms with van der Waals surface area (Å²) in [6, 6.07) is 10.2. The molecule has 2 aromatic rings. The third-order valence-electron chi connectivity index (χ3n) is 4.24. The van der Waals surface area contributed by atoms with Gasteiger partial charge in [0.2, 0.25) is 0 Å². The van der Waals surface area contributed by atoms with Crippen LogP contribution in [0.4, 0.5) is 16.2 Å². The minimum Gasteiger partial charge on any atom is -0.497 e.